The molecule has 0 bridgehead atoms. The molecule has 0 saturated heterocycles. The van der Waals surface area contributed by atoms with E-state index < -0.39 is 0 Å². The predicted octanol–water partition coefficient (Wildman–Crippen LogP) is 3.26. The van der Waals surface area contributed by atoms with Crippen LogP contribution in [-0.4, -0.2) is 19.6 Å². The van der Waals surface area contributed by atoms with Crippen molar-refractivity contribution in [3.8, 4) is 5.69 Å². The van der Waals surface area contributed by atoms with Crippen LogP contribution in [0.2, 0.25) is 0 Å². The van der Waals surface area contributed by atoms with Gasteiger partial charge in [0.1, 0.15) is 0 Å². The summed E-state index contributed by atoms with van der Waals surface area (Å²) in [7, 11) is 0. The van der Waals surface area contributed by atoms with Crippen LogP contribution in [0, 0.1) is 0 Å². The smallest absolute Gasteiger partial charge is 0.0729 e. The van der Waals surface area contributed by atoms with Gasteiger partial charge in [0.05, 0.1) is 17.6 Å². The fourth-order valence-electron chi connectivity index (χ4n) is 2.10. The summed E-state index contributed by atoms with van der Waals surface area (Å²) in [6.07, 6.45) is 7.61. The van der Waals surface area contributed by atoms with Crippen LogP contribution in [0.5, 0.6) is 0 Å². The Morgan fingerprint density at radius 1 is 1.14 bits per heavy atom. The van der Waals surface area contributed by atoms with Crippen LogP contribution in [0.15, 0.2) is 55.1 Å². The summed E-state index contributed by atoms with van der Waals surface area (Å²) < 4.78 is 3.80. The largest absolute Gasteiger partial charge is 0.378 e. The monoisotopic (exact) mass is 281 g/mol. The molecule has 5 heteroatoms. The van der Waals surface area contributed by atoms with Gasteiger partial charge >= 0.3 is 0 Å². The molecule has 0 fully saturated rings. The Morgan fingerprint density at radius 2 is 1.95 bits per heavy atom. The Kier molecular flexibility index (Phi) is 3.73. The van der Waals surface area contributed by atoms with Gasteiger partial charge in [-0.05, 0) is 37.6 Å². The van der Waals surface area contributed by atoms with E-state index in [-0.39, 0.29) is 0 Å². The van der Waals surface area contributed by atoms with Crippen LogP contribution in [0.3, 0.4) is 0 Å². The molecule has 21 heavy (non-hydrogen) atoms. The van der Waals surface area contributed by atoms with Gasteiger partial charge in [-0.2, -0.15) is 10.2 Å². The lowest BCUT2D eigenvalue weighted by Crippen LogP contribution is -2.01. The van der Waals surface area contributed by atoms with Crippen LogP contribution < -0.4 is 5.32 Å². The molecule has 3 rings (SSSR count). The summed E-state index contributed by atoms with van der Waals surface area (Å²) in [6, 6.07) is 10.7. The van der Waals surface area contributed by atoms with E-state index in [9.17, 15) is 0 Å². The van der Waals surface area contributed by atoms with E-state index in [1.54, 1.807) is 6.20 Å². The second-order valence-electron chi connectivity index (χ2n) is 5.27. The summed E-state index contributed by atoms with van der Waals surface area (Å²) in [5.74, 6) is 0. The number of aromatic nitrogens is 4. The molecule has 108 valence electrons. The van der Waals surface area contributed by atoms with Crippen molar-refractivity contribution >= 4 is 5.69 Å². The van der Waals surface area contributed by atoms with Crippen LogP contribution in [0.1, 0.15) is 25.5 Å². The van der Waals surface area contributed by atoms with Crippen LogP contribution >= 0.6 is 0 Å². The Morgan fingerprint density at radius 3 is 2.57 bits per heavy atom. The minimum Gasteiger partial charge on any atom is -0.378 e. The van der Waals surface area contributed by atoms with Crippen LogP contribution in [-0.2, 0) is 6.54 Å². The van der Waals surface area contributed by atoms with Gasteiger partial charge in [-0.1, -0.05) is 12.1 Å². The molecule has 0 unspecified atom stereocenters. The quantitative estimate of drug-likeness (QED) is 0.781. The SMILES string of the molecule is CC(C)n1cc(NCc2ccc(-n3cccn3)cc2)cn1. The highest BCUT2D eigenvalue weighted by atomic mass is 15.3. The first-order chi connectivity index (χ1) is 10.2. The highest BCUT2D eigenvalue weighted by Crippen LogP contribution is 2.13. The molecular formula is C16H19N5. The summed E-state index contributed by atoms with van der Waals surface area (Å²) in [5.41, 5.74) is 3.33. The molecule has 2 aromatic heterocycles. The molecule has 3 aromatic rings. The van der Waals surface area contributed by atoms with E-state index in [0.29, 0.717) is 6.04 Å². The third-order valence-corrected chi connectivity index (χ3v) is 3.33. The zero-order valence-corrected chi connectivity index (χ0v) is 12.3. The standard InChI is InChI=1S/C16H19N5/c1-13(2)21-12-15(11-19-21)17-10-14-4-6-16(7-5-14)20-9-3-8-18-20/h3-9,11-13,17H,10H2,1-2H3. The molecule has 0 atom stereocenters. The number of anilines is 1. The highest BCUT2D eigenvalue weighted by Gasteiger charge is 2.02. The van der Waals surface area contributed by atoms with E-state index in [1.165, 1.54) is 5.56 Å². The molecule has 2 heterocycles. The van der Waals surface area contributed by atoms with Crippen molar-refractivity contribution in [2.45, 2.75) is 26.4 Å². The molecule has 0 aliphatic rings. The first-order valence-corrected chi connectivity index (χ1v) is 7.09. The van der Waals surface area contributed by atoms with E-state index in [2.05, 4.69) is 53.6 Å². The molecule has 1 N–H and O–H groups in total. The normalized spacial score (nSPS) is 11.0. The zero-order chi connectivity index (χ0) is 14.7. The van der Waals surface area contributed by atoms with E-state index in [1.807, 2.05) is 34.0 Å². The minimum atomic E-state index is 0.383. The maximum absolute atomic E-state index is 4.32. The van der Waals surface area contributed by atoms with Gasteiger partial charge in [0.2, 0.25) is 0 Å². The topological polar surface area (TPSA) is 47.7 Å². The van der Waals surface area contributed by atoms with Crippen molar-refractivity contribution in [2.75, 3.05) is 5.32 Å². The molecule has 0 amide bonds. The van der Waals surface area contributed by atoms with Crippen LogP contribution in [0.4, 0.5) is 5.69 Å². The first kappa shape index (κ1) is 13.4. The second-order valence-corrected chi connectivity index (χ2v) is 5.27. The van der Waals surface area contributed by atoms with E-state index in [4.69, 9.17) is 0 Å². The lowest BCUT2D eigenvalue weighted by molar-refractivity contribution is 0.532. The second kappa shape index (κ2) is 5.83. The molecule has 0 saturated carbocycles. The lowest BCUT2D eigenvalue weighted by atomic mass is 10.2. The Hall–Kier alpha value is -2.56. The Labute approximate surface area is 124 Å². The summed E-state index contributed by atoms with van der Waals surface area (Å²) in [5, 5.41) is 11.9. The molecule has 0 spiro atoms. The predicted molar refractivity (Wildman–Crippen MR) is 83.5 cm³/mol. The number of hydrogen-bond acceptors (Lipinski definition) is 3. The Balaban J connectivity index is 1.62. The number of benzene rings is 1. The van der Waals surface area contributed by atoms with Gasteiger partial charge in [-0.3, -0.25) is 4.68 Å². The van der Waals surface area contributed by atoms with E-state index in [0.717, 1.165) is 17.9 Å². The average Bonchev–Trinajstić information content (AvgIpc) is 3.17. The third kappa shape index (κ3) is 3.13. The fraction of sp³-hybridized carbons (Fsp3) is 0.250. The number of rotatable bonds is 5. The highest BCUT2D eigenvalue weighted by molar-refractivity contribution is 5.40. The van der Waals surface area contributed by atoms with Crippen molar-refractivity contribution in [2.24, 2.45) is 0 Å². The van der Waals surface area contributed by atoms with Gasteiger partial charge in [-0.15, -0.1) is 0 Å². The van der Waals surface area contributed by atoms with Gasteiger partial charge in [-0.25, -0.2) is 4.68 Å². The number of nitrogens with one attached hydrogen (secondary N) is 1. The van der Waals surface area contributed by atoms with Crippen molar-refractivity contribution in [1.29, 1.82) is 0 Å². The number of nitrogens with zero attached hydrogens (tertiary/aromatic N) is 4. The average molecular weight is 281 g/mol. The maximum atomic E-state index is 4.32. The maximum Gasteiger partial charge on any atom is 0.0729 e. The van der Waals surface area contributed by atoms with Crippen molar-refractivity contribution in [3.63, 3.8) is 0 Å². The summed E-state index contributed by atoms with van der Waals surface area (Å²) >= 11 is 0. The van der Waals surface area contributed by atoms with E-state index >= 15 is 0 Å². The lowest BCUT2D eigenvalue weighted by Gasteiger charge is -2.06. The van der Waals surface area contributed by atoms with Crippen molar-refractivity contribution in [3.05, 3.63) is 60.7 Å². The summed E-state index contributed by atoms with van der Waals surface area (Å²) in [6.45, 7) is 5.01. The van der Waals surface area contributed by atoms with Crippen molar-refractivity contribution < 1.29 is 0 Å². The third-order valence-electron chi connectivity index (χ3n) is 3.33. The van der Waals surface area contributed by atoms with Gasteiger partial charge in [0.15, 0.2) is 0 Å². The molecule has 5 nitrogen and oxygen atoms in total. The Bertz CT molecular complexity index is 680. The molecule has 1 aromatic carbocycles. The van der Waals surface area contributed by atoms with Gasteiger partial charge in [0.25, 0.3) is 0 Å². The fourth-order valence-corrected chi connectivity index (χ4v) is 2.10. The van der Waals surface area contributed by atoms with Crippen LogP contribution in [0.25, 0.3) is 5.69 Å². The molecule has 0 radical (unpaired) electrons. The zero-order valence-electron chi connectivity index (χ0n) is 12.3. The molecule has 0 aliphatic heterocycles. The number of hydrogen-bond donors (Lipinski definition) is 1. The molecular weight excluding hydrogens is 262 g/mol. The van der Waals surface area contributed by atoms with Gasteiger partial charge in [0, 0.05) is 31.2 Å². The summed E-state index contributed by atoms with van der Waals surface area (Å²) in [4.78, 5) is 0. The minimum absolute atomic E-state index is 0.383. The van der Waals surface area contributed by atoms with Gasteiger partial charge < -0.3 is 5.32 Å². The first-order valence-electron chi connectivity index (χ1n) is 7.09. The van der Waals surface area contributed by atoms with Crippen molar-refractivity contribution in [1.82, 2.24) is 19.6 Å². The molecule has 0 aliphatic carbocycles.